The van der Waals surface area contributed by atoms with Crippen LogP contribution in [0.25, 0.3) is 0 Å². The van der Waals surface area contributed by atoms with Crippen LogP contribution in [-0.2, 0) is 17.9 Å². The number of rotatable bonds is 6. The first-order chi connectivity index (χ1) is 13.5. The minimum atomic E-state index is 0.148. The van der Waals surface area contributed by atoms with E-state index in [0.29, 0.717) is 13.1 Å². The topological polar surface area (TPSA) is 78.4 Å². The molecule has 1 aliphatic carbocycles. The van der Waals surface area contributed by atoms with Gasteiger partial charge in [-0.15, -0.1) is 11.3 Å². The van der Waals surface area contributed by atoms with Crippen molar-refractivity contribution in [1.29, 1.82) is 0 Å². The molecule has 1 heterocycles. The number of carbonyl (C=O) groups is 1. The molecule has 0 saturated heterocycles. The van der Waals surface area contributed by atoms with Crippen molar-refractivity contribution < 1.29 is 4.79 Å². The van der Waals surface area contributed by atoms with Gasteiger partial charge in [0.1, 0.15) is 0 Å². The fraction of sp³-hybridized carbons (Fsp3) is 0.476. The van der Waals surface area contributed by atoms with Gasteiger partial charge in [-0.3, -0.25) is 9.79 Å². The van der Waals surface area contributed by atoms with E-state index < -0.39 is 0 Å². The van der Waals surface area contributed by atoms with Crippen LogP contribution in [0, 0.1) is 19.8 Å². The van der Waals surface area contributed by atoms with Crippen LogP contribution < -0.4 is 16.0 Å². The number of thiazole rings is 1. The summed E-state index contributed by atoms with van der Waals surface area (Å²) < 4.78 is 0. The maximum atomic E-state index is 12.3. The maximum Gasteiger partial charge on any atom is 0.227 e. The van der Waals surface area contributed by atoms with Gasteiger partial charge in [0.15, 0.2) is 5.96 Å². The molecule has 0 radical (unpaired) electrons. The Kier molecular flexibility index (Phi) is 7.03. The summed E-state index contributed by atoms with van der Waals surface area (Å²) in [5.74, 6) is 1.06. The molecule has 1 aliphatic rings. The second-order valence-corrected chi connectivity index (χ2v) is 8.48. The van der Waals surface area contributed by atoms with Crippen molar-refractivity contribution in [2.75, 3.05) is 12.4 Å². The number of benzene rings is 1. The molecule has 7 heteroatoms. The lowest BCUT2D eigenvalue weighted by atomic mass is 10.1. The zero-order valence-corrected chi connectivity index (χ0v) is 17.7. The van der Waals surface area contributed by atoms with E-state index in [0.717, 1.165) is 53.6 Å². The second kappa shape index (κ2) is 9.68. The molecule has 0 aliphatic heterocycles. The molecule has 3 rings (SSSR count). The van der Waals surface area contributed by atoms with E-state index >= 15 is 0 Å². The second-order valence-electron chi connectivity index (χ2n) is 7.19. The molecule has 6 nitrogen and oxygen atoms in total. The van der Waals surface area contributed by atoms with Gasteiger partial charge < -0.3 is 16.0 Å². The lowest BCUT2D eigenvalue weighted by Gasteiger charge is -2.13. The normalized spacial score (nSPS) is 14.9. The number of aliphatic imine (C=N–C) groups is 1. The van der Waals surface area contributed by atoms with E-state index in [4.69, 9.17) is 0 Å². The summed E-state index contributed by atoms with van der Waals surface area (Å²) >= 11 is 1.70. The number of aromatic nitrogens is 1. The van der Waals surface area contributed by atoms with Gasteiger partial charge in [0.25, 0.3) is 0 Å². The summed E-state index contributed by atoms with van der Waals surface area (Å²) in [6, 6.07) is 7.98. The molecule has 0 atom stereocenters. The molecule has 0 spiro atoms. The number of nitrogens with zero attached hydrogens (tertiary/aromatic N) is 2. The molecule has 1 aromatic carbocycles. The molecule has 1 fully saturated rings. The Balaban J connectivity index is 1.51. The Bertz CT molecular complexity index is 839. The number of anilines is 1. The van der Waals surface area contributed by atoms with Crippen molar-refractivity contribution >= 4 is 28.9 Å². The van der Waals surface area contributed by atoms with E-state index in [9.17, 15) is 4.79 Å². The van der Waals surface area contributed by atoms with Gasteiger partial charge in [0.05, 0.1) is 17.2 Å². The monoisotopic (exact) mass is 399 g/mol. The van der Waals surface area contributed by atoms with Crippen LogP contribution in [0.3, 0.4) is 0 Å². The average molecular weight is 400 g/mol. The van der Waals surface area contributed by atoms with Crippen molar-refractivity contribution in [2.45, 2.75) is 52.6 Å². The van der Waals surface area contributed by atoms with Crippen molar-refractivity contribution in [2.24, 2.45) is 10.9 Å². The van der Waals surface area contributed by atoms with Gasteiger partial charge in [-0.1, -0.05) is 25.0 Å². The number of nitrogens with one attached hydrogen (secondary N) is 3. The molecule has 28 heavy (non-hydrogen) atoms. The smallest absolute Gasteiger partial charge is 0.227 e. The number of carbonyl (C=O) groups excluding carboxylic acids is 1. The summed E-state index contributed by atoms with van der Waals surface area (Å²) in [4.78, 5) is 22.3. The Hall–Kier alpha value is -2.41. The van der Waals surface area contributed by atoms with E-state index in [1.54, 1.807) is 18.4 Å². The highest BCUT2D eigenvalue weighted by Crippen LogP contribution is 2.26. The molecular weight excluding hydrogens is 370 g/mol. The van der Waals surface area contributed by atoms with Crippen LogP contribution in [0.5, 0.6) is 0 Å². The van der Waals surface area contributed by atoms with Crippen LogP contribution in [-0.4, -0.2) is 23.9 Å². The van der Waals surface area contributed by atoms with E-state index in [2.05, 4.69) is 25.9 Å². The molecule has 1 aromatic heterocycles. The minimum Gasteiger partial charge on any atom is -0.352 e. The maximum absolute atomic E-state index is 12.3. The Labute approximate surface area is 170 Å². The summed E-state index contributed by atoms with van der Waals surface area (Å²) in [7, 11) is 1.76. The largest absolute Gasteiger partial charge is 0.352 e. The Morgan fingerprint density at radius 3 is 2.64 bits per heavy atom. The number of hydrogen-bond acceptors (Lipinski definition) is 4. The third-order valence-electron chi connectivity index (χ3n) is 5.02. The predicted octanol–water partition coefficient (Wildman–Crippen LogP) is 3.75. The van der Waals surface area contributed by atoms with Gasteiger partial charge in [-0.05, 0) is 44.4 Å². The van der Waals surface area contributed by atoms with Crippen molar-refractivity contribution in [3.63, 3.8) is 0 Å². The van der Waals surface area contributed by atoms with Crippen molar-refractivity contribution in [3.8, 4) is 0 Å². The third-order valence-corrected chi connectivity index (χ3v) is 6.09. The zero-order chi connectivity index (χ0) is 19.9. The Morgan fingerprint density at radius 1 is 1.21 bits per heavy atom. The molecule has 2 aromatic rings. The fourth-order valence-corrected chi connectivity index (χ4v) is 4.38. The summed E-state index contributed by atoms with van der Waals surface area (Å²) in [6.45, 7) is 5.39. The first kappa shape index (κ1) is 20.3. The highest BCUT2D eigenvalue weighted by molar-refractivity contribution is 7.11. The van der Waals surface area contributed by atoms with Gasteiger partial charge >= 0.3 is 0 Å². The summed E-state index contributed by atoms with van der Waals surface area (Å²) in [5, 5.41) is 10.8. The fourth-order valence-electron chi connectivity index (χ4n) is 3.50. The van der Waals surface area contributed by atoms with Gasteiger partial charge in [0.2, 0.25) is 5.91 Å². The van der Waals surface area contributed by atoms with Crippen LogP contribution in [0.15, 0.2) is 29.3 Å². The minimum absolute atomic E-state index is 0.148. The van der Waals surface area contributed by atoms with E-state index in [1.165, 1.54) is 4.88 Å². The molecular formula is C21H29N5OS. The summed E-state index contributed by atoms with van der Waals surface area (Å²) in [5.41, 5.74) is 3.02. The highest BCUT2D eigenvalue weighted by Gasteiger charge is 2.22. The van der Waals surface area contributed by atoms with Gasteiger partial charge in [0, 0.05) is 30.1 Å². The lowest BCUT2D eigenvalue weighted by Crippen LogP contribution is -2.36. The standard InChI is InChI=1S/C21H29N5OS/c1-14-19(28-15(2)25-14)13-24-21(22-3)23-12-16-7-6-10-18(11-16)26-20(27)17-8-4-5-9-17/h6-7,10-11,17H,4-5,8-9,12-13H2,1-3H3,(H,26,27)(H2,22,23,24). The first-order valence-electron chi connectivity index (χ1n) is 9.82. The SMILES string of the molecule is CN=C(NCc1cccc(NC(=O)C2CCCC2)c1)NCc1sc(C)nc1C. The number of hydrogen-bond donors (Lipinski definition) is 3. The Morgan fingerprint density at radius 2 is 1.96 bits per heavy atom. The van der Waals surface area contributed by atoms with Crippen molar-refractivity contribution in [1.82, 2.24) is 15.6 Å². The van der Waals surface area contributed by atoms with Gasteiger partial charge in [-0.25, -0.2) is 4.98 Å². The van der Waals surface area contributed by atoms with Crippen LogP contribution in [0.1, 0.15) is 46.8 Å². The first-order valence-corrected chi connectivity index (χ1v) is 10.6. The van der Waals surface area contributed by atoms with Gasteiger partial charge in [-0.2, -0.15) is 0 Å². The number of aryl methyl sites for hydroxylation is 2. The highest BCUT2D eigenvalue weighted by atomic mass is 32.1. The number of amides is 1. The summed E-state index contributed by atoms with van der Waals surface area (Å²) in [6.07, 6.45) is 4.34. The lowest BCUT2D eigenvalue weighted by molar-refractivity contribution is -0.119. The quantitative estimate of drug-likeness (QED) is 0.511. The van der Waals surface area contributed by atoms with E-state index in [1.807, 2.05) is 38.1 Å². The van der Waals surface area contributed by atoms with E-state index in [-0.39, 0.29) is 11.8 Å². The molecule has 3 N–H and O–H groups in total. The molecule has 1 amide bonds. The molecule has 0 bridgehead atoms. The zero-order valence-electron chi connectivity index (χ0n) is 16.8. The molecule has 150 valence electrons. The average Bonchev–Trinajstić information content (AvgIpc) is 3.32. The number of guanidine groups is 1. The molecule has 1 saturated carbocycles. The van der Waals surface area contributed by atoms with Crippen LogP contribution >= 0.6 is 11.3 Å². The van der Waals surface area contributed by atoms with Crippen LogP contribution in [0.2, 0.25) is 0 Å². The van der Waals surface area contributed by atoms with Crippen LogP contribution in [0.4, 0.5) is 5.69 Å². The van der Waals surface area contributed by atoms with Crippen molar-refractivity contribution in [3.05, 3.63) is 45.4 Å². The third kappa shape index (κ3) is 5.55. The predicted molar refractivity (Wildman–Crippen MR) is 116 cm³/mol. The molecule has 0 unspecified atom stereocenters.